The standard InChI is InChI=1S/C20H19F3N2O2/c1-2-17-18(26)24-10-11-25(17)19(27)14-7-5-6-13(12-14)15-8-3-4-9-16(15)20(21,22)23/h3-9,12,17H,2,10-11H2,1H3,(H,24,26)/t17-/m0/s1. The molecule has 1 atom stereocenters. The molecule has 0 aromatic heterocycles. The van der Waals surface area contributed by atoms with E-state index in [2.05, 4.69) is 5.32 Å². The van der Waals surface area contributed by atoms with Crippen molar-refractivity contribution in [3.63, 3.8) is 0 Å². The van der Waals surface area contributed by atoms with Crippen LogP contribution in [0.15, 0.2) is 48.5 Å². The van der Waals surface area contributed by atoms with Crippen LogP contribution in [-0.4, -0.2) is 35.8 Å². The van der Waals surface area contributed by atoms with Gasteiger partial charge in [0.05, 0.1) is 5.56 Å². The van der Waals surface area contributed by atoms with Crippen molar-refractivity contribution in [3.8, 4) is 11.1 Å². The first kappa shape index (κ1) is 18.9. The number of halogens is 3. The van der Waals surface area contributed by atoms with Crippen LogP contribution in [0.1, 0.15) is 29.3 Å². The Kier molecular flexibility index (Phi) is 5.21. The van der Waals surface area contributed by atoms with Crippen molar-refractivity contribution in [1.82, 2.24) is 10.2 Å². The van der Waals surface area contributed by atoms with Crippen molar-refractivity contribution >= 4 is 11.8 Å². The summed E-state index contributed by atoms with van der Waals surface area (Å²) in [5.41, 5.74) is -0.164. The Balaban J connectivity index is 1.97. The quantitative estimate of drug-likeness (QED) is 0.888. The molecule has 1 aliphatic heterocycles. The van der Waals surface area contributed by atoms with Crippen molar-refractivity contribution in [2.45, 2.75) is 25.6 Å². The van der Waals surface area contributed by atoms with Crippen LogP contribution in [0.4, 0.5) is 13.2 Å². The summed E-state index contributed by atoms with van der Waals surface area (Å²) in [4.78, 5) is 26.4. The lowest BCUT2D eigenvalue weighted by Crippen LogP contribution is -2.56. The van der Waals surface area contributed by atoms with Gasteiger partial charge in [0.2, 0.25) is 5.91 Å². The molecule has 2 aromatic rings. The summed E-state index contributed by atoms with van der Waals surface area (Å²) in [6.45, 7) is 2.54. The van der Waals surface area contributed by atoms with Gasteiger partial charge in [-0.05, 0) is 35.7 Å². The number of amides is 2. The van der Waals surface area contributed by atoms with E-state index in [1.807, 2.05) is 6.92 Å². The lowest BCUT2D eigenvalue weighted by atomic mass is 9.97. The number of carbonyl (C=O) groups is 2. The van der Waals surface area contributed by atoms with E-state index < -0.39 is 17.8 Å². The lowest BCUT2D eigenvalue weighted by molar-refractivity contribution is -0.137. The molecule has 0 bridgehead atoms. The van der Waals surface area contributed by atoms with Crippen molar-refractivity contribution in [2.24, 2.45) is 0 Å². The van der Waals surface area contributed by atoms with Gasteiger partial charge in [0, 0.05) is 18.7 Å². The first-order chi connectivity index (χ1) is 12.8. The summed E-state index contributed by atoms with van der Waals surface area (Å²) >= 11 is 0. The monoisotopic (exact) mass is 376 g/mol. The van der Waals surface area contributed by atoms with Crippen LogP contribution in [0, 0.1) is 0 Å². The van der Waals surface area contributed by atoms with Crippen molar-refractivity contribution < 1.29 is 22.8 Å². The Morgan fingerprint density at radius 2 is 1.93 bits per heavy atom. The van der Waals surface area contributed by atoms with E-state index in [9.17, 15) is 22.8 Å². The summed E-state index contributed by atoms with van der Waals surface area (Å²) < 4.78 is 39.9. The van der Waals surface area contributed by atoms with Crippen LogP contribution in [0.25, 0.3) is 11.1 Å². The molecule has 4 nitrogen and oxygen atoms in total. The number of piperazine rings is 1. The smallest absolute Gasteiger partial charge is 0.353 e. The van der Waals surface area contributed by atoms with E-state index in [1.54, 1.807) is 18.2 Å². The number of alkyl halides is 3. The highest BCUT2D eigenvalue weighted by Gasteiger charge is 2.34. The third kappa shape index (κ3) is 3.82. The van der Waals surface area contributed by atoms with Gasteiger partial charge in [-0.3, -0.25) is 9.59 Å². The fraction of sp³-hybridized carbons (Fsp3) is 0.300. The van der Waals surface area contributed by atoms with Crippen molar-refractivity contribution in [3.05, 3.63) is 59.7 Å². The maximum Gasteiger partial charge on any atom is 0.417 e. The maximum absolute atomic E-state index is 13.3. The van der Waals surface area contributed by atoms with Gasteiger partial charge in [-0.15, -0.1) is 0 Å². The molecule has 2 amide bonds. The van der Waals surface area contributed by atoms with Crippen LogP contribution in [0.5, 0.6) is 0 Å². The Morgan fingerprint density at radius 3 is 2.63 bits per heavy atom. The minimum absolute atomic E-state index is 0.0167. The molecular formula is C20H19F3N2O2. The number of nitrogens with one attached hydrogen (secondary N) is 1. The molecule has 7 heteroatoms. The van der Waals surface area contributed by atoms with Gasteiger partial charge in [0.15, 0.2) is 0 Å². The Labute approximate surface area is 155 Å². The van der Waals surface area contributed by atoms with E-state index in [1.165, 1.54) is 29.2 Å². The number of carbonyl (C=O) groups excluding carboxylic acids is 2. The van der Waals surface area contributed by atoms with Gasteiger partial charge in [-0.1, -0.05) is 37.3 Å². The molecule has 0 unspecified atom stereocenters. The Morgan fingerprint density at radius 1 is 1.19 bits per heavy atom. The predicted octanol–water partition coefficient (Wildman–Crippen LogP) is 3.72. The second-order valence-electron chi connectivity index (χ2n) is 6.34. The molecule has 0 aliphatic carbocycles. The summed E-state index contributed by atoms with van der Waals surface area (Å²) in [5.74, 6) is -0.571. The minimum atomic E-state index is -4.49. The molecule has 142 valence electrons. The third-order valence-electron chi connectivity index (χ3n) is 4.63. The normalized spacial score (nSPS) is 17.6. The predicted molar refractivity (Wildman–Crippen MR) is 95.0 cm³/mol. The molecule has 1 N–H and O–H groups in total. The van der Waals surface area contributed by atoms with E-state index in [4.69, 9.17) is 0 Å². The van der Waals surface area contributed by atoms with Gasteiger partial charge >= 0.3 is 6.18 Å². The average Bonchev–Trinajstić information content (AvgIpc) is 2.66. The number of rotatable bonds is 3. The lowest BCUT2D eigenvalue weighted by Gasteiger charge is -2.34. The maximum atomic E-state index is 13.3. The Hall–Kier alpha value is -2.83. The van der Waals surface area contributed by atoms with E-state index >= 15 is 0 Å². The largest absolute Gasteiger partial charge is 0.417 e. The van der Waals surface area contributed by atoms with Crippen molar-refractivity contribution in [1.29, 1.82) is 0 Å². The summed E-state index contributed by atoms with van der Waals surface area (Å²) in [6, 6.07) is 10.8. The number of hydrogen-bond donors (Lipinski definition) is 1. The average molecular weight is 376 g/mol. The molecule has 2 aromatic carbocycles. The van der Waals surface area contributed by atoms with E-state index in [0.29, 0.717) is 25.1 Å². The van der Waals surface area contributed by atoms with Crippen LogP contribution >= 0.6 is 0 Å². The van der Waals surface area contributed by atoms with Gasteiger partial charge < -0.3 is 10.2 Å². The van der Waals surface area contributed by atoms with Gasteiger partial charge in [-0.2, -0.15) is 13.2 Å². The number of nitrogens with zero attached hydrogens (tertiary/aromatic N) is 1. The molecule has 3 rings (SSSR count). The van der Waals surface area contributed by atoms with Gasteiger partial charge in [0.25, 0.3) is 5.91 Å². The van der Waals surface area contributed by atoms with E-state index in [-0.39, 0.29) is 22.9 Å². The summed E-state index contributed by atoms with van der Waals surface area (Å²) in [5, 5.41) is 2.72. The molecule has 1 fully saturated rings. The fourth-order valence-corrected chi connectivity index (χ4v) is 3.33. The molecular weight excluding hydrogens is 357 g/mol. The molecule has 0 saturated carbocycles. The molecule has 1 heterocycles. The molecule has 0 spiro atoms. The fourth-order valence-electron chi connectivity index (χ4n) is 3.33. The van der Waals surface area contributed by atoms with E-state index in [0.717, 1.165) is 6.07 Å². The molecule has 1 aliphatic rings. The van der Waals surface area contributed by atoms with Gasteiger partial charge in [-0.25, -0.2) is 0 Å². The second kappa shape index (κ2) is 7.42. The third-order valence-corrected chi connectivity index (χ3v) is 4.63. The Bertz CT molecular complexity index is 864. The first-order valence-electron chi connectivity index (χ1n) is 8.68. The molecule has 27 heavy (non-hydrogen) atoms. The topological polar surface area (TPSA) is 49.4 Å². The summed E-state index contributed by atoms with van der Waals surface area (Å²) in [6.07, 6.45) is -4.02. The SMILES string of the molecule is CC[C@H]1C(=O)NCCN1C(=O)c1cccc(-c2ccccc2C(F)(F)F)c1. The zero-order chi connectivity index (χ0) is 19.6. The van der Waals surface area contributed by atoms with Crippen LogP contribution < -0.4 is 5.32 Å². The van der Waals surface area contributed by atoms with Gasteiger partial charge in [0.1, 0.15) is 6.04 Å². The highest BCUT2D eigenvalue weighted by Crippen LogP contribution is 2.37. The zero-order valence-corrected chi connectivity index (χ0v) is 14.7. The van der Waals surface area contributed by atoms with Crippen molar-refractivity contribution in [2.75, 3.05) is 13.1 Å². The van der Waals surface area contributed by atoms with Crippen LogP contribution in [0.2, 0.25) is 0 Å². The molecule has 0 radical (unpaired) electrons. The summed E-state index contributed by atoms with van der Waals surface area (Å²) in [7, 11) is 0. The molecule has 1 saturated heterocycles. The number of hydrogen-bond acceptors (Lipinski definition) is 2. The highest BCUT2D eigenvalue weighted by atomic mass is 19.4. The van der Waals surface area contributed by atoms with Crippen LogP contribution in [-0.2, 0) is 11.0 Å². The first-order valence-corrected chi connectivity index (χ1v) is 8.68. The second-order valence-corrected chi connectivity index (χ2v) is 6.34. The zero-order valence-electron chi connectivity index (χ0n) is 14.7. The van der Waals surface area contributed by atoms with Crippen LogP contribution in [0.3, 0.4) is 0 Å². The highest BCUT2D eigenvalue weighted by molar-refractivity contribution is 5.99. The number of benzene rings is 2. The minimum Gasteiger partial charge on any atom is -0.353 e.